The van der Waals surface area contributed by atoms with Crippen LogP contribution in [-0.4, -0.2) is 20.3 Å². The fourth-order valence-corrected chi connectivity index (χ4v) is 1.51. The molecule has 0 heterocycles. The lowest BCUT2D eigenvalue weighted by Crippen LogP contribution is -2.09. The molecule has 0 aliphatic heterocycles. The molecule has 1 N–H and O–H groups in total. The van der Waals surface area contributed by atoms with Gasteiger partial charge in [0.25, 0.3) is 0 Å². The van der Waals surface area contributed by atoms with E-state index in [0.29, 0.717) is 0 Å². The van der Waals surface area contributed by atoms with Crippen LogP contribution in [-0.2, 0) is 4.74 Å². The zero-order valence-electron chi connectivity index (χ0n) is 9.48. The molecule has 0 aliphatic carbocycles. The quantitative estimate of drug-likeness (QED) is 0.742. The number of methoxy groups -OCH3 is 1. The molecule has 0 radical (unpaired) electrons. The number of anilines is 1. The van der Waals surface area contributed by atoms with E-state index in [1.54, 1.807) is 7.11 Å². The van der Waals surface area contributed by atoms with Crippen molar-refractivity contribution < 1.29 is 4.74 Å². The van der Waals surface area contributed by atoms with Crippen molar-refractivity contribution in [3.05, 3.63) is 28.8 Å². The molecule has 0 saturated heterocycles. The average molecular weight is 193 g/mol. The van der Waals surface area contributed by atoms with Crippen LogP contribution in [0.1, 0.15) is 16.7 Å². The lowest BCUT2D eigenvalue weighted by molar-refractivity contribution is 0.211. The molecule has 0 spiro atoms. The summed E-state index contributed by atoms with van der Waals surface area (Å²) in [6, 6.07) is 4.38. The first-order valence-electron chi connectivity index (χ1n) is 4.96. The number of rotatable bonds is 4. The number of nitrogens with one attached hydrogen (secondary N) is 1. The maximum atomic E-state index is 5.00. The van der Waals surface area contributed by atoms with Crippen molar-refractivity contribution >= 4 is 5.69 Å². The van der Waals surface area contributed by atoms with Gasteiger partial charge in [0, 0.05) is 19.3 Å². The average Bonchev–Trinajstić information content (AvgIpc) is 2.13. The molecular weight excluding hydrogens is 174 g/mol. The number of hydrogen-bond acceptors (Lipinski definition) is 2. The smallest absolute Gasteiger partial charge is 0.0635 e. The summed E-state index contributed by atoms with van der Waals surface area (Å²) in [5, 5.41) is 3.37. The lowest BCUT2D eigenvalue weighted by atomic mass is 10.0. The first-order valence-corrected chi connectivity index (χ1v) is 4.96. The van der Waals surface area contributed by atoms with Crippen molar-refractivity contribution in [3.8, 4) is 0 Å². The summed E-state index contributed by atoms with van der Waals surface area (Å²) in [5.74, 6) is 0. The Morgan fingerprint density at radius 3 is 2.57 bits per heavy atom. The van der Waals surface area contributed by atoms with Gasteiger partial charge >= 0.3 is 0 Å². The summed E-state index contributed by atoms with van der Waals surface area (Å²) in [4.78, 5) is 0. The SMILES string of the molecule is COCCNc1cc(C)cc(C)c1C. The van der Waals surface area contributed by atoms with Gasteiger partial charge in [-0.25, -0.2) is 0 Å². The van der Waals surface area contributed by atoms with Crippen LogP contribution in [0.15, 0.2) is 12.1 Å². The highest BCUT2D eigenvalue weighted by Crippen LogP contribution is 2.20. The van der Waals surface area contributed by atoms with Crippen LogP contribution in [0.2, 0.25) is 0 Å². The Hall–Kier alpha value is -1.02. The summed E-state index contributed by atoms with van der Waals surface area (Å²) >= 11 is 0. The van der Waals surface area contributed by atoms with Gasteiger partial charge in [0.05, 0.1) is 6.61 Å². The number of benzene rings is 1. The van der Waals surface area contributed by atoms with E-state index in [1.165, 1.54) is 22.4 Å². The molecule has 1 aromatic rings. The molecule has 2 nitrogen and oxygen atoms in total. The van der Waals surface area contributed by atoms with Gasteiger partial charge in [0.2, 0.25) is 0 Å². The second-order valence-corrected chi connectivity index (χ2v) is 3.67. The van der Waals surface area contributed by atoms with E-state index in [9.17, 15) is 0 Å². The van der Waals surface area contributed by atoms with Gasteiger partial charge in [0.1, 0.15) is 0 Å². The Bertz CT molecular complexity index is 307. The van der Waals surface area contributed by atoms with Crippen molar-refractivity contribution in [2.24, 2.45) is 0 Å². The van der Waals surface area contributed by atoms with Gasteiger partial charge in [-0.05, 0) is 43.5 Å². The third-order valence-corrected chi connectivity index (χ3v) is 2.43. The van der Waals surface area contributed by atoms with Crippen LogP contribution in [0.25, 0.3) is 0 Å². The van der Waals surface area contributed by atoms with Gasteiger partial charge < -0.3 is 10.1 Å². The molecule has 0 aromatic heterocycles. The molecule has 2 heteroatoms. The van der Waals surface area contributed by atoms with Gasteiger partial charge in [-0.15, -0.1) is 0 Å². The first-order chi connectivity index (χ1) is 6.65. The normalized spacial score (nSPS) is 10.3. The van der Waals surface area contributed by atoms with Gasteiger partial charge in [-0.3, -0.25) is 0 Å². The van der Waals surface area contributed by atoms with E-state index in [0.717, 1.165) is 13.2 Å². The zero-order valence-corrected chi connectivity index (χ0v) is 9.48. The van der Waals surface area contributed by atoms with Crippen LogP contribution >= 0.6 is 0 Å². The zero-order chi connectivity index (χ0) is 10.6. The third-order valence-electron chi connectivity index (χ3n) is 2.43. The Labute approximate surface area is 86.3 Å². The summed E-state index contributed by atoms with van der Waals surface area (Å²) in [7, 11) is 1.72. The van der Waals surface area contributed by atoms with E-state index in [-0.39, 0.29) is 0 Å². The fraction of sp³-hybridized carbons (Fsp3) is 0.500. The molecule has 0 fully saturated rings. The van der Waals surface area contributed by atoms with Crippen molar-refractivity contribution in [2.45, 2.75) is 20.8 Å². The minimum atomic E-state index is 0.742. The third kappa shape index (κ3) is 2.74. The van der Waals surface area contributed by atoms with Gasteiger partial charge in [0.15, 0.2) is 0 Å². The molecule has 0 aliphatic rings. The minimum Gasteiger partial charge on any atom is -0.383 e. The van der Waals surface area contributed by atoms with Gasteiger partial charge in [-0.2, -0.15) is 0 Å². The van der Waals surface area contributed by atoms with E-state index < -0.39 is 0 Å². The highest BCUT2D eigenvalue weighted by Gasteiger charge is 2.01. The van der Waals surface area contributed by atoms with Crippen LogP contribution in [0.4, 0.5) is 5.69 Å². The van der Waals surface area contributed by atoms with E-state index >= 15 is 0 Å². The Morgan fingerprint density at radius 2 is 1.93 bits per heavy atom. The van der Waals surface area contributed by atoms with Gasteiger partial charge in [-0.1, -0.05) is 6.07 Å². The minimum absolute atomic E-state index is 0.742. The molecule has 0 unspecified atom stereocenters. The predicted molar refractivity (Wildman–Crippen MR) is 61.0 cm³/mol. The topological polar surface area (TPSA) is 21.3 Å². The van der Waals surface area contributed by atoms with Crippen LogP contribution < -0.4 is 5.32 Å². The van der Waals surface area contributed by atoms with Crippen LogP contribution in [0.3, 0.4) is 0 Å². The van der Waals surface area contributed by atoms with E-state index in [4.69, 9.17) is 4.74 Å². The molecule has 0 saturated carbocycles. The highest BCUT2D eigenvalue weighted by molar-refractivity contribution is 5.55. The fourth-order valence-electron chi connectivity index (χ4n) is 1.51. The molecule has 78 valence electrons. The molecule has 1 aromatic carbocycles. The summed E-state index contributed by atoms with van der Waals surface area (Å²) in [5.41, 5.74) is 5.18. The lowest BCUT2D eigenvalue weighted by Gasteiger charge is -2.12. The number of hydrogen-bond donors (Lipinski definition) is 1. The molecule has 0 amide bonds. The van der Waals surface area contributed by atoms with Crippen LogP contribution in [0.5, 0.6) is 0 Å². The van der Waals surface area contributed by atoms with Crippen molar-refractivity contribution in [1.29, 1.82) is 0 Å². The molecule has 0 atom stereocenters. The van der Waals surface area contributed by atoms with Crippen molar-refractivity contribution in [3.63, 3.8) is 0 Å². The highest BCUT2D eigenvalue weighted by atomic mass is 16.5. The summed E-state index contributed by atoms with van der Waals surface area (Å²) < 4.78 is 5.00. The van der Waals surface area contributed by atoms with Crippen molar-refractivity contribution in [2.75, 3.05) is 25.6 Å². The second-order valence-electron chi connectivity index (χ2n) is 3.67. The standard InChI is InChI=1S/C12H19NO/c1-9-7-10(2)11(3)12(8-9)13-5-6-14-4/h7-8,13H,5-6H2,1-4H3. The maximum absolute atomic E-state index is 5.00. The number of ether oxygens (including phenoxy) is 1. The molecule has 0 bridgehead atoms. The van der Waals surface area contributed by atoms with E-state index in [1.807, 2.05) is 0 Å². The van der Waals surface area contributed by atoms with Crippen molar-refractivity contribution in [1.82, 2.24) is 0 Å². The molecular formula is C12H19NO. The Kier molecular flexibility index (Phi) is 3.96. The van der Waals surface area contributed by atoms with E-state index in [2.05, 4.69) is 38.2 Å². The monoisotopic (exact) mass is 193 g/mol. The molecule has 14 heavy (non-hydrogen) atoms. The summed E-state index contributed by atoms with van der Waals surface area (Å²) in [6.45, 7) is 8.01. The van der Waals surface area contributed by atoms with Crippen LogP contribution in [0, 0.1) is 20.8 Å². The molecule has 1 rings (SSSR count). The first kappa shape index (κ1) is 11.1. The predicted octanol–water partition coefficient (Wildman–Crippen LogP) is 2.67. The largest absolute Gasteiger partial charge is 0.383 e. The Balaban J connectivity index is 2.75. The Morgan fingerprint density at radius 1 is 1.21 bits per heavy atom. The number of aryl methyl sites for hydroxylation is 2. The summed E-state index contributed by atoms with van der Waals surface area (Å²) in [6.07, 6.45) is 0. The maximum Gasteiger partial charge on any atom is 0.0635 e. The second kappa shape index (κ2) is 5.01.